The van der Waals surface area contributed by atoms with E-state index in [-0.39, 0.29) is 5.56 Å². The molecule has 0 aliphatic carbocycles. The minimum atomic E-state index is -0.0857. The smallest absolute Gasteiger partial charge is 0.283 e. The fourth-order valence-electron chi connectivity index (χ4n) is 2.17. The van der Waals surface area contributed by atoms with E-state index in [4.69, 9.17) is 0 Å². The second-order valence-corrected chi connectivity index (χ2v) is 5.86. The van der Waals surface area contributed by atoms with Crippen molar-refractivity contribution in [3.05, 3.63) is 56.4 Å². The lowest BCUT2D eigenvalue weighted by Crippen LogP contribution is -2.24. The Hall–Kier alpha value is -1.62. The molecule has 2 rings (SSSR count). The second-order valence-electron chi connectivity index (χ2n) is 5.07. The quantitative estimate of drug-likeness (QED) is 0.869. The van der Waals surface area contributed by atoms with Gasteiger partial charge in [-0.1, -0.05) is 36.8 Å². The maximum Gasteiger partial charge on any atom is 0.283 e. The van der Waals surface area contributed by atoms with Gasteiger partial charge in [-0.15, -0.1) is 0 Å². The van der Waals surface area contributed by atoms with Gasteiger partial charge < -0.3 is 5.32 Å². The van der Waals surface area contributed by atoms with Crippen molar-refractivity contribution in [2.75, 3.05) is 11.9 Å². The van der Waals surface area contributed by atoms with Crippen molar-refractivity contribution >= 4 is 21.6 Å². The SMILES string of the molecule is CCCn1ncc(NCCc2cccc(C)c2)c(Br)c1=O. The molecule has 0 atom stereocenters. The number of halogens is 1. The highest BCUT2D eigenvalue weighted by molar-refractivity contribution is 9.10. The summed E-state index contributed by atoms with van der Waals surface area (Å²) >= 11 is 3.36. The van der Waals surface area contributed by atoms with Gasteiger partial charge in [-0.25, -0.2) is 4.68 Å². The van der Waals surface area contributed by atoms with Crippen molar-refractivity contribution in [1.29, 1.82) is 0 Å². The molecule has 0 fully saturated rings. The molecule has 0 amide bonds. The van der Waals surface area contributed by atoms with Crippen LogP contribution >= 0.6 is 15.9 Å². The first-order valence-corrected chi connectivity index (χ1v) is 7.96. The number of anilines is 1. The number of nitrogens with zero attached hydrogens (tertiary/aromatic N) is 2. The van der Waals surface area contributed by atoms with Crippen LogP contribution in [0.25, 0.3) is 0 Å². The molecule has 0 saturated carbocycles. The van der Waals surface area contributed by atoms with Crippen LogP contribution in [0.3, 0.4) is 0 Å². The average Bonchev–Trinajstić information content (AvgIpc) is 2.47. The van der Waals surface area contributed by atoms with Crippen molar-refractivity contribution in [2.45, 2.75) is 33.2 Å². The summed E-state index contributed by atoms with van der Waals surface area (Å²) in [5.74, 6) is 0. The van der Waals surface area contributed by atoms with Crippen LogP contribution in [0.4, 0.5) is 5.69 Å². The molecule has 5 heteroatoms. The van der Waals surface area contributed by atoms with Crippen LogP contribution in [0.5, 0.6) is 0 Å². The second kappa shape index (κ2) is 7.41. The van der Waals surface area contributed by atoms with Crippen molar-refractivity contribution in [3.63, 3.8) is 0 Å². The van der Waals surface area contributed by atoms with Gasteiger partial charge in [0.1, 0.15) is 4.47 Å². The zero-order chi connectivity index (χ0) is 15.2. The molecular formula is C16H20BrN3O. The number of benzene rings is 1. The van der Waals surface area contributed by atoms with Gasteiger partial charge in [0, 0.05) is 13.1 Å². The van der Waals surface area contributed by atoms with E-state index in [0.717, 1.165) is 25.1 Å². The maximum atomic E-state index is 12.1. The fourth-order valence-corrected chi connectivity index (χ4v) is 2.62. The minimum Gasteiger partial charge on any atom is -0.382 e. The summed E-state index contributed by atoms with van der Waals surface area (Å²) in [6.07, 6.45) is 3.50. The summed E-state index contributed by atoms with van der Waals surface area (Å²) in [7, 11) is 0. The first-order chi connectivity index (χ1) is 10.1. The van der Waals surface area contributed by atoms with E-state index in [0.29, 0.717) is 11.0 Å². The highest BCUT2D eigenvalue weighted by atomic mass is 79.9. The molecule has 112 valence electrons. The Bertz CT molecular complexity index is 667. The highest BCUT2D eigenvalue weighted by Gasteiger charge is 2.07. The van der Waals surface area contributed by atoms with Crippen LogP contribution in [0.1, 0.15) is 24.5 Å². The van der Waals surface area contributed by atoms with Crippen molar-refractivity contribution < 1.29 is 0 Å². The van der Waals surface area contributed by atoms with Gasteiger partial charge in [-0.05, 0) is 41.3 Å². The topological polar surface area (TPSA) is 46.9 Å². The summed E-state index contributed by atoms with van der Waals surface area (Å²) in [5, 5.41) is 7.45. The summed E-state index contributed by atoms with van der Waals surface area (Å²) in [6.45, 7) is 5.52. The molecule has 2 aromatic rings. The Morgan fingerprint density at radius 2 is 2.19 bits per heavy atom. The molecule has 1 heterocycles. The van der Waals surface area contributed by atoms with E-state index >= 15 is 0 Å². The van der Waals surface area contributed by atoms with Gasteiger partial charge in [0.25, 0.3) is 5.56 Å². The van der Waals surface area contributed by atoms with E-state index in [1.165, 1.54) is 15.8 Å². The lowest BCUT2D eigenvalue weighted by Gasteiger charge is -2.10. The van der Waals surface area contributed by atoms with Crippen LogP contribution in [-0.4, -0.2) is 16.3 Å². The molecule has 1 N–H and O–H groups in total. The Labute approximate surface area is 133 Å². The Balaban J connectivity index is 2.00. The van der Waals surface area contributed by atoms with Crippen molar-refractivity contribution in [2.24, 2.45) is 0 Å². The number of aromatic nitrogens is 2. The van der Waals surface area contributed by atoms with Crippen LogP contribution < -0.4 is 10.9 Å². The Morgan fingerprint density at radius 1 is 1.38 bits per heavy atom. The first-order valence-electron chi connectivity index (χ1n) is 7.17. The highest BCUT2D eigenvalue weighted by Crippen LogP contribution is 2.16. The third kappa shape index (κ3) is 4.17. The van der Waals surface area contributed by atoms with Crippen LogP contribution in [0.2, 0.25) is 0 Å². The van der Waals surface area contributed by atoms with E-state index < -0.39 is 0 Å². The van der Waals surface area contributed by atoms with Gasteiger partial charge in [0.2, 0.25) is 0 Å². The normalized spacial score (nSPS) is 10.6. The Morgan fingerprint density at radius 3 is 2.90 bits per heavy atom. The van der Waals surface area contributed by atoms with Crippen LogP contribution in [0.15, 0.2) is 39.7 Å². The summed E-state index contributed by atoms with van der Waals surface area (Å²) in [4.78, 5) is 12.1. The molecule has 0 unspecified atom stereocenters. The predicted octanol–water partition coefficient (Wildman–Crippen LogP) is 3.38. The average molecular weight is 350 g/mol. The lowest BCUT2D eigenvalue weighted by atomic mass is 10.1. The van der Waals surface area contributed by atoms with Gasteiger partial charge in [-0.3, -0.25) is 4.79 Å². The first kappa shape index (κ1) is 15.8. The standard InChI is InChI=1S/C16H20BrN3O/c1-3-9-20-16(21)15(17)14(11-19-20)18-8-7-13-6-4-5-12(2)10-13/h4-6,10-11,18H,3,7-9H2,1-2H3. The summed E-state index contributed by atoms with van der Waals surface area (Å²) in [5.41, 5.74) is 3.21. The maximum absolute atomic E-state index is 12.1. The zero-order valence-electron chi connectivity index (χ0n) is 12.4. The molecule has 4 nitrogen and oxygen atoms in total. The number of aryl methyl sites for hydroxylation is 2. The van der Waals surface area contributed by atoms with Gasteiger partial charge in [0.15, 0.2) is 0 Å². The van der Waals surface area contributed by atoms with Gasteiger partial charge in [-0.2, -0.15) is 5.10 Å². The number of rotatable bonds is 6. The molecule has 0 saturated heterocycles. The van der Waals surface area contributed by atoms with Crippen molar-refractivity contribution in [1.82, 2.24) is 9.78 Å². The monoisotopic (exact) mass is 349 g/mol. The summed E-state index contributed by atoms with van der Waals surface area (Å²) < 4.78 is 2.03. The molecule has 1 aromatic carbocycles. The predicted molar refractivity (Wildman–Crippen MR) is 89.9 cm³/mol. The van der Waals surface area contributed by atoms with Crippen molar-refractivity contribution in [3.8, 4) is 0 Å². The van der Waals surface area contributed by atoms with Crippen LogP contribution in [0, 0.1) is 6.92 Å². The molecule has 1 aromatic heterocycles. The van der Waals surface area contributed by atoms with Gasteiger partial charge in [0.05, 0.1) is 11.9 Å². The third-order valence-corrected chi connectivity index (χ3v) is 4.00. The van der Waals surface area contributed by atoms with E-state index in [1.54, 1.807) is 6.20 Å². The Kier molecular flexibility index (Phi) is 5.56. The number of nitrogens with one attached hydrogen (secondary N) is 1. The number of hydrogen-bond donors (Lipinski definition) is 1. The molecule has 0 aliphatic heterocycles. The lowest BCUT2D eigenvalue weighted by molar-refractivity contribution is 0.566. The van der Waals surface area contributed by atoms with E-state index in [1.807, 2.05) is 6.92 Å². The zero-order valence-corrected chi connectivity index (χ0v) is 14.0. The molecular weight excluding hydrogens is 330 g/mol. The molecule has 0 bridgehead atoms. The van der Waals surface area contributed by atoms with Gasteiger partial charge >= 0.3 is 0 Å². The third-order valence-electron chi connectivity index (χ3n) is 3.23. The molecule has 21 heavy (non-hydrogen) atoms. The largest absolute Gasteiger partial charge is 0.382 e. The minimum absolute atomic E-state index is 0.0857. The number of hydrogen-bond acceptors (Lipinski definition) is 3. The van der Waals surface area contributed by atoms with E-state index in [9.17, 15) is 4.79 Å². The van der Waals surface area contributed by atoms with Crippen LogP contribution in [-0.2, 0) is 13.0 Å². The molecule has 0 aliphatic rings. The van der Waals surface area contributed by atoms with E-state index in [2.05, 4.69) is 57.5 Å². The summed E-state index contributed by atoms with van der Waals surface area (Å²) in [6, 6.07) is 8.44. The molecule has 0 radical (unpaired) electrons. The fraction of sp³-hybridized carbons (Fsp3) is 0.375. The molecule has 0 spiro atoms.